The van der Waals surface area contributed by atoms with Crippen molar-refractivity contribution in [3.8, 4) is 0 Å². The van der Waals surface area contributed by atoms with Crippen LogP contribution < -0.4 is 0 Å². The Balaban J connectivity index is 1.94. The Morgan fingerprint density at radius 1 is 0.800 bits per heavy atom. The summed E-state index contributed by atoms with van der Waals surface area (Å²) in [5.41, 5.74) is 3.19. The van der Waals surface area contributed by atoms with Gasteiger partial charge in [-0.25, -0.2) is 4.79 Å². The second-order valence-corrected chi connectivity index (χ2v) is 7.91. The number of hydrogen-bond donors (Lipinski definition) is 0. The van der Waals surface area contributed by atoms with Crippen LogP contribution in [0.3, 0.4) is 0 Å². The number of ether oxygens (including phenoxy) is 1. The van der Waals surface area contributed by atoms with Crippen molar-refractivity contribution in [2.75, 3.05) is 0 Å². The molecule has 4 nitrogen and oxygen atoms in total. The van der Waals surface area contributed by atoms with Crippen molar-refractivity contribution in [3.63, 3.8) is 0 Å². The van der Waals surface area contributed by atoms with E-state index < -0.39 is 17.6 Å². The van der Waals surface area contributed by atoms with Gasteiger partial charge >= 0.3 is 5.97 Å². The van der Waals surface area contributed by atoms with E-state index in [0.29, 0.717) is 11.1 Å². The van der Waals surface area contributed by atoms with E-state index in [2.05, 4.69) is 0 Å². The number of hydrogen-bond acceptors (Lipinski definition) is 4. The summed E-state index contributed by atoms with van der Waals surface area (Å²) in [5, 5.41) is 0. The van der Waals surface area contributed by atoms with E-state index in [1.54, 1.807) is 24.3 Å². The van der Waals surface area contributed by atoms with E-state index in [4.69, 9.17) is 9.73 Å². The van der Waals surface area contributed by atoms with Gasteiger partial charge in [-0.3, -0.25) is 4.99 Å². The summed E-state index contributed by atoms with van der Waals surface area (Å²) in [6.45, 7) is 5.47. The van der Waals surface area contributed by atoms with E-state index in [1.807, 2.05) is 81.4 Å². The molecule has 0 saturated carbocycles. The van der Waals surface area contributed by atoms with E-state index in [-0.39, 0.29) is 0 Å². The van der Waals surface area contributed by atoms with Gasteiger partial charge in [0.05, 0.1) is 11.3 Å². The predicted molar refractivity (Wildman–Crippen MR) is 119 cm³/mol. The lowest BCUT2D eigenvalue weighted by atomic mass is 10.0. The Kier molecular flexibility index (Phi) is 6.58. The molecule has 0 N–H and O–H groups in total. The molecular weight excluding hydrogens is 374 g/mol. The molecule has 0 saturated heterocycles. The Morgan fingerprint density at radius 2 is 1.30 bits per heavy atom. The third-order valence-electron chi connectivity index (χ3n) is 4.38. The van der Waals surface area contributed by atoms with Crippen molar-refractivity contribution >= 4 is 18.0 Å². The Hall–Kier alpha value is -3.53. The number of nitrogens with zero attached hydrogens (tertiary/aromatic N) is 1. The maximum absolute atomic E-state index is 12.2. The quantitative estimate of drug-likeness (QED) is 0.316. The van der Waals surface area contributed by atoms with E-state index in [0.717, 1.165) is 23.1 Å². The number of aliphatic imine (C=N–C) groups is 1. The molecule has 3 rings (SSSR count). The van der Waals surface area contributed by atoms with Crippen LogP contribution in [0.1, 0.15) is 53.9 Å². The third kappa shape index (κ3) is 5.51. The van der Waals surface area contributed by atoms with Crippen LogP contribution in [0, 0.1) is 0 Å². The first-order chi connectivity index (χ1) is 14.4. The van der Waals surface area contributed by atoms with E-state index in [9.17, 15) is 9.59 Å². The van der Waals surface area contributed by atoms with Crippen molar-refractivity contribution in [1.29, 1.82) is 0 Å². The number of aldehydes is 1. The van der Waals surface area contributed by atoms with Gasteiger partial charge in [-0.1, -0.05) is 72.8 Å². The SMILES string of the molecule is CC(C)(C)OC(=O)c1ccc(C(C=O)N=C(c2ccccc2)c2ccccc2)cc1. The van der Waals surface area contributed by atoms with Crippen LogP contribution >= 0.6 is 0 Å². The second kappa shape index (κ2) is 9.31. The lowest BCUT2D eigenvalue weighted by molar-refractivity contribution is -0.108. The lowest BCUT2D eigenvalue weighted by Crippen LogP contribution is -2.23. The fourth-order valence-electron chi connectivity index (χ4n) is 2.98. The largest absolute Gasteiger partial charge is 0.456 e. The maximum atomic E-state index is 12.2. The topological polar surface area (TPSA) is 55.7 Å². The standard InChI is InChI=1S/C26H25NO3/c1-26(2,3)30-25(29)22-16-14-19(15-17-22)23(18-28)27-24(20-10-6-4-7-11-20)21-12-8-5-9-13-21/h4-18,23H,1-3H3. The molecule has 0 heterocycles. The summed E-state index contributed by atoms with van der Waals surface area (Å²) in [7, 11) is 0. The van der Waals surface area contributed by atoms with Gasteiger partial charge in [0.25, 0.3) is 0 Å². The molecule has 0 aliphatic heterocycles. The Morgan fingerprint density at radius 3 is 1.73 bits per heavy atom. The number of rotatable bonds is 6. The molecular formula is C26H25NO3. The highest BCUT2D eigenvalue weighted by molar-refractivity contribution is 6.13. The van der Waals surface area contributed by atoms with Crippen LogP contribution in [-0.2, 0) is 9.53 Å². The van der Waals surface area contributed by atoms with Crippen molar-refractivity contribution in [1.82, 2.24) is 0 Å². The molecule has 0 fully saturated rings. The molecule has 0 bridgehead atoms. The lowest BCUT2D eigenvalue weighted by Gasteiger charge is -2.19. The zero-order valence-corrected chi connectivity index (χ0v) is 17.4. The van der Waals surface area contributed by atoms with E-state index in [1.165, 1.54) is 0 Å². The third-order valence-corrected chi connectivity index (χ3v) is 4.38. The molecule has 3 aromatic carbocycles. The van der Waals surface area contributed by atoms with Gasteiger partial charge in [0.15, 0.2) is 0 Å². The van der Waals surface area contributed by atoms with Gasteiger partial charge in [0.2, 0.25) is 0 Å². The van der Waals surface area contributed by atoms with Gasteiger partial charge in [0.1, 0.15) is 17.9 Å². The van der Waals surface area contributed by atoms with E-state index >= 15 is 0 Å². The second-order valence-electron chi connectivity index (χ2n) is 7.91. The maximum Gasteiger partial charge on any atom is 0.338 e. The van der Waals surface area contributed by atoms with Gasteiger partial charge in [-0.15, -0.1) is 0 Å². The average molecular weight is 399 g/mol. The first kappa shape index (κ1) is 21.2. The van der Waals surface area contributed by atoms with Crippen LogP contribution in [0.25, 0.3) is 0 Å². The zero-order valence-electron chi connectivity index (χ0n) is 17.4. The van der Waals surface area contributed by atoms with Crippen molar-refractivity contribution in [3.05, 3.63) is 107 Å². The van der Waals surface area contributed by atoms with Crippen LogP contribution in [-0.4, -0.2) is 23.6 Å². The van der Waals surface area contributed by atoms with Gasteiger partial charge in [-0.2, -0.15) is 0 Å². The fraction of sp³-hybridized carbons (Fsp3) is 0.192. The molecule has 0 spiro atoms. The minimum absolute atomic E-state index is 0.394. The van der Waals surface area contributed by atoms with Gasteiger partial charge < -0.3 is 9.53 Å². The minimum atomic E-state index is -0.687. The Labute approximate surface area is 177 Å². The summed E-state index contributed by atoms with van der Waals surface area (Å²) in [6.07, 6.45) is 0.814. The summed E-state index contributed by atoms with van der Waals surface area (Å²) < 4.78 is 5.39. The van der Waals surface area contributed by atoms with Crippen molar-refractivity contribution in [2.24, 2.45) is 4.99 Å². The van der Waals surface area contributed by atoms with Crippen LogP contribution in [0.2, 0.25) is 0 Å². The monoisotopic (exact) mass is 399 g/mol. The van der Waals surface area contributed by atoms with Crippen LogP contribution in [0.5, 0.6) is 0 Å². The van der Waals surface area contributed by atoms with Crippen LogP contribution in [0.4, 0.5) is 0 Å². The normalized spacial score (nSPS) is 12.0. The number of carbonyl (C=O) groups excluding carboxylic acids is 2. The number of esters is 1. The van der Waals surface area contributed by atoms with Crippen LogP contribution in [0.15, 0.2) is 89.9 Å². The average Bonchev–Trinajstić information content (AvgIpc) is 2.75. The summed E-state index contributed by atoms with van der Waals surface area (Å²) in [5.74, 6) is -0.394. The molecule has 0 radical (unpaired) electrons. The summed E-state index contributed by atoms with van der Waals surface area (Å²) in [4.78, 5) is 28.9. The molecule has 0 amide bonds. The first-order valence-electron chi connectivity index (χ1n) is 9.84. The molecule has 0 aliphatic carbocycles. The highest BCUT2D eigenvalue weighted by atomic mass is 16.6. The highest BCUT2D eigenvalue weighted by Gasteiger charge is 2.19. The number of benzene rings is 3. The summed E-state index contributed by atoms with van der Waals surface area (Å²) >= 11 is 0. The molecule has 0 aliphatic rings. The number of carbonyl (C=O) groups is 2. The molecule has 4 heteroatoms. The zero-order chi connectivity index (χ0) is 21.6. The highest BCUT2D eigenvalue weighted by Crippen LogP contribution is 2.21. The molecule has 30 heavy (non-hydrogen) atoms. The Bertz CT molecular complexity index is 976. The molecule has 152 valence electrons. The molecule has 3 aromatic rings. The van der Waals surface area contributed by atoms with Crippen molar-refractivity contribution in [2.45, 2.75) is 32.4 Å². The molecule has 1 unspecified atom stereocenters. The minimum Gasteiger partial charge on any atom is -0.456 e. The van der Waals surface area contributed by atoms with Crippen molar-refractivity contribution < 1.29 is 14.3 Å². The summed E-state index contributed by atoms with van der Waals surface area (Å²) in [6, 6.07) is 25.7. The van der Waals surface area contributed by atoms with Gasteiger partial charge in [0, 0.05) is 11.1 Å². The fourth-order valence-corrected chi connectivity index (χ4v) is 2.98. The predicted octanol–water partition coefficient (Wildman–Crippen LogP) is 5.42. The molecule has 0 aromatic heterocycles. The first-order valence-corrected chi connectivity index (χ1v) is 9.84. The molecule has 1 atom stereocenters. The smallest absolute Gasteiger partial charge is 0.338 e. The van der Waals surface area contributed by atoms with Gasteiger partial charge in [-0.05, 0) is 38.5 Å².